The first-order valence-corrected chi connectivity index (χ1v) is 10.4. The number of aryl methyl sites for hydroxylation is 3. The maximum atomic E-state index is 13.0. The van der Waals surface area contributed by atoms with Crippen molar-refractivity contribution in [1.29, 1.82) is 0 Å². The van der Waals surface area contributed by atoms with E-state index >= 15 is 0 Å². The van der Waals surface area contributed by atoms with Crippen molar-refractivity contribution in [1.82, 2.24) is 14.5 Å². The molecule has 1 saturated heterocycles. The Labute approximate surface area is 165 Å². The SMILES string of the molecule is Cc1ccc2c(CC(=O)N3CC[C@H](n4c(C)nc5c4CCCC5)C3)coc2c1. The number of hydrogen-bond donors (Lipinski definition) is 0. The van der Waals surface area contributed by atoms with Crippen LogP contribution in [0.5, 0.6) is 0 Å². The van der Waals surface area contributed by atoms with E-state index in [4.69, 9.17) is 9.40 Å². The van der Waals surface area contributed by atoms with Crippen molar-refractivity contribution in [3.63, 3.8) is 0 Å². The molecule has 1 fully saturated rings. The van der Waals surface area contributed by atoms with Gasteiger partial charge in [0.1, 0.15) is 11.4 Å². The van der Waals surface area contributed by atoms with Crippen LogP contribution in [0.2, 0.25) is 0 Å². The Morgan fingerprint density at radius 2 is 2.11 bits per heavy atom. The molecule has 0 unspecified atom stereocenters. The van der Waals surface area contributed by atoms with Crippen LogP contribution >= 0.6 is 0 Å². The zero-order valence-corrected chi connectivity index (χ0v) is 16.7. The number of benzene rings is 1. The predicted octanol–water partition coefficient (Wildman–Crippen LogP) is 4.14. The normalized spacial score (nSPS) is 19.4. The minimum absolute atomic E-state index is 0.192. The summed E-state index contributed by atoms with van der Waals surface area (Å²) in [6.45, 7) is 5.78. The Morgan fingerprint density at radius 3 is 3.00 bits per heavy atom. The van der Waals surface area contributed by atoms with Gasteiger partial charge in [0, 0.05) is 29.7 Å². The molecule has 0 spiro atoms. The van der Waals surface area contributed by atoms with E-state index in [0.29, 0.717) is 12.5 Å². The van der Waals surface area contributed by atoms with Crippen LogP contribution < -0.4 is 0 Å². The van der Waals surface area contributed by atoms with Crippen molar-refractivity contribution in [3.8, 4) is 0 Å². The molecule has 0 radical (unpaired) electrons. The molecule has 1 atom stereocenters. The Morgan fingerprint density at radius 1 is 1.25 bits per heavy atom. The third kappa shape index (κ3) is 2.93. The lowest BCUT2D eigenvalue weighted by molar-refractivity contribution is -0.129. The summed E-state index contributed by atoms with van der Waals surface area (Å²) in [5, 5.41) is 1.05. The number of furan rings is 1. The second-order valence-electron chi connectivity index (χ2n) is 8.35. The van der Waals surface area contributed by atoms with E-state index in [1.807, 2.05) is 17.9 Å². The third-order valence-electron chi connectivity index (χ3n) is 6.38. The van der Waals surface area contributed by atoms with Gasteiger partial charge in [-0.1, -0.05) is 12.1 Å². The Balaban J connectivity index is 1.32. The molecule has 2 aromatic heterocycles. The average Bonchev–Trinajstić information content (AvgIpc) is 3.38. The fourth-order valence-corrected chi connectivity index (χ4v) is 4.96. The fraction of sp³-hybridized carbons (Fsp3) is 0.478. The molecule has 3 heterocycles. The number of rotatable bonds is 3. The van der Waals surface area contributed by atoms with Crippen LogP contribution in [0.4, 0.5) is 0 Å². The van der Waals surface area contributed by atoms with Gasteiger partial charge in [0.15, 0.2) is 0 Å². The smallest absolute Gasteiger partial charge is 0.227 e. The van der Waals surface area contributed by atoms with Crippen molar-refractivity contribution in [2.75, 3.05) is 13.1 Å². The minimum atomic E-state index is 0.192. The summed E-state index contributed by atoms with van der Waals surface area (Å²) in [5.41, 5.74) is 5.72. The predicted molar refractivity (Wildman–Crippen MR) is 108 cm³/mol. The molecule has 5 heteroatoms. The first-order valence-electron chi connectivity index (χ1n) is 10.4. The molecule has 0 bridgehead atoms. The largest absolute Gasteiger partial charge is 0.464 e. The highest BCUT2D eigenvalue weighted by molar-refractivity contribution is 5.88. The van der Waals surface area contributed by atoms with Gasteiger partial charge in [-0.25, -0.2) is 4.98 Å². The topological polar surface area (TPSA) is 51.3 Å². The zero-order valence-electron chi connectivity index (χ0n) is 16.7. The molecule has 1 amide bonds. The van der Waals surface area contributed by atoms with Gasteiger partial charge < -0.3 is 13.9 Å². The molecular formula is C23H27N3O2. The Bertz CT molecular complexity index is 1050. The third-order valence-corrected chi connectivity index (χ3v) is 6.38. The summed E-state index contributed by atoms with van der Waals surface area (Å²) in [5.74, 6) is 1.31. The molecule has 5 rings (SSSR count). The number of carbonyl (C=O) groups excluding carboxylic acids is 1. The quantitative estimate of drug-likeness (QED) is 0.689. The van der Waals surface area contributed by atoms with Crippen LogP contribution in [-0.4, -0.2) is 33.4 Å². The number of carbonyl (C=O) groups is 1. The number of likely N-dealkylation sites (tertiary alicyclic amines) is 1. The van der Waals surface area contributed by atoms with Crippen molar-refractivity contribution < 1.29 is 9.21 Å². The number of aromatic nitrogens is 2. The molecule has 28 heavy (non-hydrogen) atoms. The van der Waals surface area contributed by atoms with Crippen molar-refractivity contribution in [3.05, 3.63) is 52.8 Å². The van der Waals surface area contributed by atoms with Crippen LogP contribution in [0, 0.1) is 13.8 Å². The van der Waals surface area contributed by atoms with E-state index in [9.17, 15) is 4.79 Å². The highest BCUT2D eigenvalue weighted by Crippen LogP contribution is 2.31. The maximum Gasteiger partial charge on any atom is 0.227 e. The van der Waals surface area contributed by atoms with Crippen molar-refractivity contribution in [2.24, 2.45) is 0 Å². The molecule has 1 aromatic carbocycles. The lowest BCUT2D eigenvalue weighted by Crippen LogP contribution is -2.30. The van der Waals surface area contributed by atoms with Crippen LogP contribution in [0.15, 0.2) is 28.9 Å². The van der Waals surface area contributed by atoms with E-state index in [-0.39, 0.29) is 5.91 Å². The van der Waals surface area contributed by atoms with E-state index in [1.54, 1.807) is 6.26 Å². The van der Waals surface area contributed by atoms with E-state index in [0.717, 1.165) is 54.7 Å². The monoisotopic (exact) mass is 377 g/mol. The molecule has 1 aliphatic heterocycles. The summed E-state index contributed by atoms with van der Waals surface area (Å²) in [7, 11) is 0. The Hall–Kier alpha value is -2.56. The minimum Gasteiger partial charge on any atom is -0.464 e. The summed E-state index contributed by atoms with van der Waals surface area (Å²) in [6.07, 6.45) is 7.89. The number of nitrogens with zero attached hydrogens (tertiary/aromatic N) is 3. The second-order valence-corrected chi connectivity index (χ2v) is 8.35. The maximum absolute atomic E-state index is 13.0. The van der Waals surface area contributed by atoms with Crippen LogP contribution in [0.25, 0.3) is 11.0 Å². The van der Waals surface area contributed by atoms with Gasteiger partial charge in [-0.2, -0.15) is 0 Å². The fourth-order valence-electron chi connectivity index (χ4n) is 4.96. The number of amides is 1. The molecule has 0 N–H and O–H groups in total. The summed E-state index contributed by atoms with van der Waals surface area (Å²) < 4.78 is 8.10. The van der Waals surface area contributed by atoms with Gasteiger partial charge >= 0.3 is 0 Å². The van der Waals surface area contributed by atoms with Gasteiger partial charge in [-0.3, -0.25) is 4.79 Å². The summed E-state index contributed by atoms with van der Waals surface area (Å²) >= 11 is 0. The summed E-state index contributed by atoms with van der Waals surface area (Å²) in [6, 6.07) is 6.52. The van der Waals surface area contributed by atoms with Crippen LogP contribution in [0.1, 0.15) is 53.6 Å². The molecule has 1 aliphatic carbocycles. The first kappa shape index (κ1) is 17.5. The number of hydrogen-bond acceptors (Lipinski definition) is 3. The molecule has 3 aromatic rings. The number of fused-ring (bicyclic) bond motifs is 2. The average molecular weight is 377 g/mol. The first-order chi connectivity index (χ1) is 13.6. The van der Waals surface area contributed by atoms with E-state index < -0.39 is 0 Å². The second kappa shape index (κ2) is 6.80. The molecule has 5 nitrogen and oxygen atoms in total. The van der Waals surface area contributed by atoms with Gasteiger partial charge in [-0.05, 0) is 57.6 Å². The molecule has 146 valence electrons. The number of imidazole rings is 1. The van der Waals surface area contributed by atoms with Crippen molar-refractivity contribution >= 4 is 16.9 Å². The van der Waals surface area contributed by atoms with Gasteiger partial charge in [0.25, 0.3) is 0 Å². The summed E-state index contributed by atoms with van der Waals surface area (Å²) in [4.78, 5) is 19.8. The highest BCUT2D eigenvalue weighted by Gasteiger charge is 2.31. The van der Waals surface area contributed by atoms with Gasteiger partial charge in [0.05, 0.1) is 24.4 Å². The highest BCUT2D eigenvalue weighted by atomic mass is 16.3. The lowest BCUT2D eigenvalue weighted by atomic mass is 10.0. The van der Waals surface area contributed by atoms with E-state index in [1.165, 1.54) is 29.8 Å². The Kier molecular flexibility index (Phi) is 4.26. The molecule has 2 aliphatic rings. The van der Waals surface area contributed by atoms with Crippen LogP contribution in [0.3, 0.4) is 0 Å². The van der Waals surface area contributed by atoms with Gasteiger partial charge in [-0.15, -0.1) is 0 Å². The van der Waals surface area contributed by atoms with Gasteiger partial charge in [0.2, 0.25) is 5.91 Å². The van der Waals surface area contributed by atoms with Crippen molar-refractivity contribution in [2.45, 2.75) is 58.4 Å². The lowest BCUT2D eigenvalue weighted by Gasteiger charge is -2.21. The molecular weight excluding hydrogens is 350 g/mol. The molecule has 0 saturated carbocycles. The van der Waals surface area contributed by atoms with Crippen LogP contribution in [-0.2, 0) is 24.1 Å². The van der Waals surface area contributed by atoms with E-state index in [2.05, 4.69) is 23.6 Å². The zero-order chi connectivity index (χ0) is 19.3. The standard InChI is InChI=1S/C23H27N3O2/c1-15-7-8-19-17(14-28-22(19)11-15)12-23(27)25-10-9-18(13-25)26-16(2)24-20-5-3-4-6-21(20)26/h7-8,11,14,18H,3-6,9-10,12-13H2,1-2H3/t18-/m0/s1.